The van der Waals surface area contributed by atoms with Crippen molar-refractivity contribution in [2.75, 3.05) is 12.4 Å². The van der Waals surface area contributed by atoms with Gasteiger partial charge in [0.15, 0.2) is 0 Å². The second kappa shape index (κ2) is 8.74. The maximum absolute atomic E-state index is 12.6. The number of amides is 1. The molecular formula is C18H17Cl2NO4. The molecule has 0 aliphatic carbocycles. The first-order chi connectivity index (χ1) is 11.9. The molecule has 7 heteroatoms. The van der Waals surface area contributed by atoms with Crippen molar-refractivity contribution in [2.45, 2.75) is 12.8 Å². The molecule has 0 bridgehead atoms. The number of methoxy groups -OCH3 is 1. The normalized spacial score (nSPS) is 11.6. The molecule has 2 aromatic carbocycles. The van der Waals surface area contributed by atoms with Crippen LogP contribution in [0.3, 0.4) is 0 Å². The van der Waals surface area contributed by atoms with Crippen LogP contribution in [0, 0.1) is 5.92 Å². The van der Waals surface area contributed by atoms with E-state index in [1.807, 2.05) is 0 Å². The number of ether oxygens (including phenoxy) is 1. The fourth-order valence-corrected chi connectivity index (χ4v) is 2.77. The molecule has 5 nitrogen and oxygen atoms in total. The van der Waals surface area contributed by atoms with Crippen LogP contribution in [0.4, 0.5) is 5.69 Å². The monoisotopic (exact) mass is 381 g/mol. The zero-order chi connectivity index (χ0) is 18.4. The summed E-state index contributed by atoms with van der Waals surface area (Å²) in [7, 11) is 1.52. The molecule has 2 aromatic rings. The standard InChI is InChI=1S/C18H17Cl2NO4/c1-25-16-5-3-2-4-11(16)8-12(9-17(22)23)18(24)21-15-10-13(19)6-7-14(15)20/h2-7,10,12H,8-9H2,1H3,(H,21,24)(H,22,23). The number of carbonyl (C=O) groups excluding carboxylic acids is 1. The van der Waals surface area contributed by atoms with Crippen LogP contribution in [-0.4, -0.2) is 24.1 Å². The van der Waals surface area contributed by atoms with E-state index in [4.69, 9.17) is 33.0 Å². The second-order valence-corrected chi connectivity index (χ2v) is 6.27. The van der Waals surface area contributed by atoms with Gasteiger partial charge < -0.3 is 15.2 Å². The third-order valence-electron chi connectivity index (χ3n) is 3.64. The van der Waals surface area contributed by atoms with Crippen molar-refractivity contribution in [1.29, 1.82) is 0 Å². The molecule has 0 saturated heterocycles. The van der Waals surface area contributed by atoms with Gasteiger partial charge in [0.05, 0.1) is 30.2 Å². The second-order valence-electron chi connectivity index (χ2n) is 5.42. The number of hydrogen-bond donors (Lipinski definition) is 2. The van der Waals surface area contributed by atoms with Gasteiger partial charge in [-0.05, 0) is 36.2 Å². The van der Waals surface area contributed by atoms with Crippen molar-refractivity contribution in [3.63, 3.8) is 0 Å². The molecule has 0 spiro atoms. The molecular weight excluding hydrogens is 365 g/mol. The van der Waals surface area contributed by atoms with Gasteiger partial charge in [-0.2, -0.15) is 0 Å². The Morgan fingerprint density at radius 3 is 2.60 bits per heavy atom. The molecule has 25 heavy (non-hydrogen) atoms. The van der Waals surface area contributed by atoms with Gasteiger partial charge in [-0.3, -0.25) is 9.59 Å². The molecule has 0 radical (unpaired) electrons. The average Bonchev–Trinajstić information content (AvgIpc) is 2.57. The van der Waals surface area contributed by atoms with Gasteiger partial charge >= 0.3 is 5.97 Å². The maximum atomic E-state index is 12.6. The summed E-state index contributed by atoms with van der Waals surface area (Å²) < 4.78 is 5.27. The number of para-hydroxylation sites is 1. The van der Waals surface area contributed by atoms with E-state index >= 15 is 0 Å². The highest BCUT2D eigenvalue weighted by molar-refractivity contribution is 6.35. The number of carboxylic acid groups (broad SMARTS) is 1. The Labute approximate surface area is 155 Å². The minimum atomic E-state index is -1.06. The minimum Gasteiger partial charge on any atom is -0.496 e. The van der Waals surface area contributed by atoms with Gasteiger partial charge in [0, 0.05) is 5.02 Å². The van der Waals surface area contributed by atoms with Crippen LogP contribution in [-0.2, 0) is 16.0 Å². The average molecular weight is 382 g/mol. The fraction of sp³-hybridized carbons (Fsp3) is 0.222. The van der Waals surface area contributed by atoms with E-state index in [1.165, 1.54) is 13.2 Å². The maximum Gasteiger partial charge on any atom is 0.304 e. The highest BCUT2D eigenvalue weighted by Gasteiger charge is 2.24. The molecule has 0 saturated carbocycles. The number of aliphatic carboxylic acids is 1. The molecule has 2 rings (SSSR count). The van der Waals surface area contributed by atoms with E-state index in [-0.39, 0.29) is 12.8 Å². The van der Waals surface area contributed by atoms with Crippen molar-refractivity contribution >= 4 is 40.8 Å². The number of benzene rings is 2. The third-order valence-corrected chi connectivity index (χ3v) is 4.20. The zero-order valence-electron chi connectivity index (χ0n) is 13.5. The van der Waals surface area contributed by atoms with E-state index in [0.717, 1.165) is 5.56 Å². The summed E-state index contributed by atoms with van der Waals surface area (Å²) >= 11 is 12.0. The predicted octanol–water partition coefficient (Wildman–Crippen LogP) is 4.27. The first-order valence-corrected chi connectivity index (χ1v) is 8.26. The van der Waals surface area contributed by atoms with Crippen LogP contribution in [0.15, 0.2) is 42.5 Å². The molecule has 0 aliphatic rings. The highest BCUT2D eigenvalue weighted by atomic mass is 35.5. The van der Waals surface area contributed by atoms with Crippen LogP contribution < -0.4 is 10.1 Å². The summed E-state index contributed by atoms with van der Waals surface area (Å²) in [5.74, 6) is -1.69. The molecule has 0 aliphatic heterocycles. The van der Waals surface area contributed by atoms with Crippen LogP contribution in [0.2, 0.25) is 10.0 Å². The number of anilines is 1. The molecule has 0 fully saturated rings. The predicted molar refractivity (Wildman–Crippen MR) is 97.5 cm³/mol. The summed E-state index contributed by atoms with van der Waals surface area (Å²) in [4.78, 5) is 23.8. The smallest absolute Gasteiger partial charge is 0.304 e. The summed E-state index contributed by atoms with van der Waals surface area (Å²) in [6, 6.07) is 11.9. The number of carboxylic acids is 1. The number of carbonyl (C=O) groups is 2. The van der Waals surface area contributed by atoms with Gasteiger partial charge in [0.2, 0.25) is 5.91 Å². The van der Waals surface area contributed by atoms with Gasteiger partial charge in [-0.25, -0.2) is 0 Å². The number of rotatable bonds is 7. The van der Waals surface area contributed by atoms with Crippen molar-refractivity contribution in [3.05, 3.63) is 58.1 Å². The zero-order valence-corrected chi connectivity index (χ0v) is 15.0. The topological polar surface area (TPSA) is 75.6 Å². The van der Waals surface area contributed by atoms with E-state index < -0.39 is 17.8 Å². The van der Waals surface area contributed by atoms with Crippen molar-refractivity contribution in [1.82, 2.24) is 0 Å². The van der Waals surface area contributed by atoms with Crippen LogP contribution in [0.5, 0.6) is 5.75 Å². The Morgan fingerprint density at radius 2 is 1.92 bits per heavy atom. The number of nitrogens with one attached hydrogen (secondary N) is 1. The van der Waals surface area contributed by atoms with Crippen LogP contribution in [0.25, 0.3) is 0 Å². The Kier molecular flexibility index (Phi) is 6.67. The van der Waals surface area contributed by atoms with Crippen LogP contribution >= 0.6 is 23.2 Å². The largest absolute Gasteiger partial charge is 0.496 e. The summed E-state index contributed by atoms with van der Waals surface area (Å²) in [6.07, 6.45) is -0.0948. The third kappa shape index (κ3) is 5.37. The molecule has 132 valence electrons. The summed E-state index contributed by atoms with van der Waals surface area (Å²) in [5, 5.41) is 12.5. The molecule has 1 unspecified atom stereocenters. The Balaban J connectivity index is 2.22. The van der Waals surface area contributed by atoms with Crippen molar-refractivity contribution in [2.24, 2.45) is 5.92 Å². The lowest BCUT2D eigenvalue weighted by Gasteiger charge is -2.17. The van der Waals surface area contributed by atoms with E-state index in [1.54, 1.807) is 36.4 Å². The van der Waals surface area contributed by atoms with E-state index in [9.17, 15) is 9.59 Å². The van der Waals surface area contributed by atoms with Crippen LogP contribution in [0.1, 0.15) is 12.0 Å². The lowest BCUT2D eigenvalue weighted by atomic mass is 9.94. The van der Waals surface area contributed by atoms with Gasteiger partial charge in [0.1, 0.15) is 5.75 Å². The van der Waals surface area contributed by atoms with Gasteiger partial charge in [0.25, 0.3) is 0 Å². The van der Waals surface area contributed by atoms with Crippen molar-refractivity contribution in [3.8, 4) is 5.75 Å². The number of hydrogen-bond acceptors (Lipinski definition) is 3. The molecule has 1 amide bonds. The summed E-state index contributed by atoms with van der Waals surface area (Å²) in [5.41, 5.74) is 1.10. The molecule has 0 heterocycles. The quantitative estimate of drug-likeness (QED) is 0.750. The molecule has 2 N–H and O–H groups in total. The first kappa shape index (κ1) is 19.1. The van der Waals surface area contributed by atoms with E-state index in [2.05, 4.69) is 5.32 Å². The summed E-state index contributed by atoms with van der Waals surface area (Å²) in [6.45, 7) is 0. The molecule has 0 aromatic heterocycles. The van der Waals surface area contributed by atoms with Crippen molar-refractivity contribution < 1.29 is 19.4 Å². The Hall–Kier alpha value is -2.24. The lowest BCUT2D eigenvalue weighted by Crippen LogP contribution is -2.27. The Bertz CT molecular complexity index is 779. The Morgan fingerprint density at radius 1 is 1.20 bits per heavy atom. The SMILES string of the molecule is COc1ccccc1CC(CC(=O)O)C(=O)Nc1cc(Cl)ccc1Cl. The highest BCUT2D eigenvalue weighted by Crippen LogP contribution is 2.28. The number of halogens is 2. The van der Waals surface area contributed by atoms with E-state index in [0.29, 0.717) is 21.5 Å². The lowest BCUT2D eigenvalue weighted by molar-refractivity contribution is -0.140. The minimum absolute atomic E-state index is 0.223. The van der Waals surface area contributed by atoms with Gasteiger partial charge in [-0.1, -0.05) is 41.4 Å². The first-order valence-electron chi connectivity index (χ1n) is 7.50. The van der Waals surface area contributed by atoms with Gasteiger partial charge in [-0.15, -0.1) is 0 Å². The molecule has 1 atom stereocenters. The fourth-order valence-electron chi connectivity index (χ4n) is 2.43.